The van der Waals surface area contributed by atoms with Crippen molar-refractivity contribution in [3.63, 3.8) is 0 Å². The number of anilines is 1. The molecule has 0 radical (unpaired) electrons. The van der Waals surface area contributed by atoms with Crippen molar-refractivity contribution in [2.45, 2.75) is 12.5 Å². The minimum Gasteiger partial charge on any atom is -0.368 e. The van der Waals surface area contributed by atoms with Gasteiger partial charge in [-0.3, -0.25) is 14.6 Å². The van der Waals surface area contributed by atoms with Crippen LogP contribution in [0.4, 0.5) is 5.69 Å². The summed E-state index contributed by atoms with van der Waals surface area (Å²) >= 11 is 1.36. The summed E-state index contributed by atoms with van der Waals surface area (Å²) in [6, 6.07) is 8.47. The summed E-state index contributed by atoms with van der Waals surface area (Å²) in [4.78, 5) is 28.6. The maximum atomic E-state index is 12.3. The highest BCUT2D eigenvalue weighted by molar-refractivity contribution is 7.07. The second kappa shape index (κ2) is 6.17. The van der Waals surface area contributed by atoms with Crippen molar-refractivity contribution in [3.05, 3.63) is 46.7 Å². The van der Waals surface area contributed by atoms with Crippen LogP contribution in [0.1, 0.15) is 6.42 Å². The minimum atomic E-state index is -0.677. The topological polar surface area (TPSA) is 93.1 Å². The van der Waals surface area contributed by atoms with E-state index < -0.39 is 17.9 Å². The van der Waals surface area contributed by atoms with Crippen molar-refractivity contribution < 1.29 is 9.59 Å². The van der Waals surface area contributed by atoms with Gasteiger partial charge in [0.2, 0.25) is 5.91 Å². The molecule has 3 rings (SSSR count). The first-order chi connectivity index (χ1) is 11.1. The van der Waals surface area contributed by atoms with Gasteiger partial charge in [0.05, 0.1) is 5.69 Å². The fourth-order valence-corrected chi connectivity index (χ4v) is 2.99. The molecule has 0 saturated carbocycles. The molecule has 0 aliphatic carbocycles. The Balaban J connectivity index is 1.93. The molecule has 2 amide bonds. The summed E-state index contributed by atoms with van der Waals surface area (Å²) in [7, 11) is 1.81. The van der Waals surface area contributed by atoms with E-state index in [4.69, 9.17) is 5.73 Å². The van der Waals surface area contributed by atoms with Crippen molar-refractivity contribution in [1.29, 1.82) is 0 Å². The largest absolute Gasteiger partial charge is 0.368 e. The Kier molecular flexibility index (Phi) is 4.07. The lowest BCUT2D eigenvalue weighted by Gasteiger charge is -2.20. The van der Waals surface area contributed by atoms with E-state index in [1.807, 2.05) is 49.0 Å². The molecule has 1 aliphatic rings. The van der Waals surface area contributed by atoms with Crippen molar-refractivity contribution >= 4 is 34.6 Å². The molecule has 2 aromatic rings. The van der Waals surface area contributed by atoms with Gasteiger partial charge in [0.15, 0.2) is 4.80 Å². The van der Waals surface area contributed by atoms with Crippen molar-refractivity contribution in [2.24, 2.45) is 22.9 Å². The lowest BCUT2D eigenvalue weighted by molar-refractivity contribution is -0.119. The van der Waals surface area contributed by atoms with E-state index in [0.29, 0.717) is 10.5 Å². The minimum absolute atomic E-state index is 0.154. The number of primary amides is 1. The zero-order chi connectivity index (χ0) is 16.4. The average Bonchev–Trinajstić information content (AvgIpc) is 3.15. The number of aryl methyl sites for hydroxylation is 1. The number of benzene rings is 1. The molecule has 23 heavy (non-hydrogen) atoms. The molecule has 2 heterocycles. The normalized spacial score (nSPS) is 18.1. The number of carbonyl (C=O) groups excluding carboxylic acids is 2. The van der Waals surface area contributed by atoms with Crippen LogP contribution in [-0.2, 0) is 16.6 Å². The zero-order valence-electron chi connectivity index (χ0n) is 12.4. The number of hydrogen-bond donors (Lipinski definition) is 1. The number of nitrogens with zero attached hydrogens (tertiary/aromatic N) is 4. The molecular formula is C15H15N5O2S. The Hall–Kier alpha value is -2.74. The van der Waals surface area contributed by atoms with Crippen LogP contribution in [0.15, 0.2) is 52.0 Å². The fraction of sp³-hybridized carbons (Fsp3) is 0.200. The number of hydrazone groups is 1. The van der Waals surface area contributed by atoms with Crippen LogP contribution in [0.5, 0.6) is 0 Å². The smallest absolute Gasteiger partial charge is 0.295 e. The molecule has 2 N–H and O–H groups in total. The Labute approximate surface area is 136 Å². The molecule has 0 bridgehead atoms. The highest BCUT2D eigenvalue weighted by Gasteiger charge is 2.34. The molecule has 1 atom stereocenters. The van der Waals surface area contributed by atoms with Gasteiger partial charge in [-0.2, -0.15) is 10.1 Å². The van der Waals surface area contributed by atoms with Gasteiger partial charge >= 0.3 is 0 Å². The van der Waals surface area contributed by atoms with Crippen LogP contribution in [0, 0.1) is 0 Å². The highest BCUT2D eigenvalue weighted by Crippen LogP contribution is 2.24. The molecule has 0 saturated heterocycles. The Bertz CT molecular complexity index is 837. The number of hydrogen-bond acceptors (Lipinski definition) is 5. The quantitative estimate of drug-likeness (QED) is 0.895. The molecule has 7 nitrogen and oxygen atoms in total. The van der Waals surface area contributed by atoms with Gasteiger partial charge in [-0.25, -0.2) is 0 Å². The third-order valence-corrected chi connectivity index (χ3v) is 4.31. The second-order valence-corrected chi connectivity index (χ2v) is 5.94. The van der Waals surface area contributed by atoms with Crippen LogP contribution < -0.4 is 15.5 Å². The van der Waals surface area contributed by atoms with Crippen molar-refractivity contribution in [2.75, 3.05) is 5.01 Å². The summed E-state index contributed by atoms with van der Waals surface area (Å²) < 4.78 is 1.75. The number of thiazole rings is 1. The molecule has 1 unspecified atom stereocenters. The maximum Gasteiger partial charge on any atom is 0.295 e. The lowest BCUT2D eigenvalue weighted by atomic mass is 10.1. The number of aromatic nitrogens is 1. The summed E-state index contributed by atoms with van der Waals surface area (Å²) in [5.74, 6) is -0.977. The monoisotopic (exact) mass is 329 g/mol. The number of carbonyl (C=O) groups is 2. The van der Waals surface area contributed by atoms with Gasteiger partial charge in [0.25, 0.3) is 5.91 Å². The standard InChI is InChI=1S/C15H15N5O2S/c1-19-7-8-23-15(19)17-14(22)11-9-12(13(16)21)20(18-11)10-5-3-2-4-6-10/h2-8,12H,9H2,1H3,(H2,16,21). The molecule has 1 aromatic carbocycles. The predicted octanol–water partition coefficient (Wildman–Crippen LogP) is 0.634. The molecule has 0 spiro atoms. The van der Waals surface area contributed by atoms with E-state index in [1.54, 1.807) is 4.57 Å². The van der Waals surface area contributed by atoms with Crippen molar-refractivity contribution in [3.8, 4) is 0 Å². The van der Waals surface area contributed by atoms with Crippen LogP contribution in [0.25, 0.3) is 0 Å². The van der Waals surface area contributed by atoms with Crippen LogP contribution in [0.3, 0.4) is 0 Å². The first-order valence-corrected chi connectivity index (χ1v) is 7.84. The van der Waals surface area contributed by atoms with Crippen LogP contribution >= 0.6 is 11.3 Å². The van der Waals surface area contributed by atoms with E-state index in [0.717, 1.165) is 0 Å². The molecule has 0 fully saturated rings. The molecule has 1 aromatic heterocycles. The molecular weight excluding hydrogens is 314 g/mol. The first kappa shape index (κ1) is 15.2. The van der Waals surface area contributed by atoms with E-state index >= 15 is 0 Å². The summed E-state index contributed by atoms with van der Waals surface area (Å²) in [6.07, 6.45) is 1.97. The zero-order valence-corrected chi connectivity index (χ0v) is 13.2. The van der Waals surface area contributed by atoms with E-state index in [2.05, 4.69) is 10.1 Å². The van der Waals surface area contributed by atoms with Gasteiger partial charge in [0.1, 0.15) is 11.8 Å². The maximum absolute atomic E-state index is 12.3. The number of amides is 2. The Morgan fingerprint density at radius 3 is 2.70 bits per heavy atom. The summed E-state index contributed by atoms with van der Waals surface area (Å²) in [5.41, 5.74) is 6.39. The van der Waals surface area contributed by atoms with Gasteiger partial charge < -0.3 is 10.3 Å². The first-order valence-electron chi connectivity index (χ1n) is 6.96. The third-order valence-electron chi connectivity index (χ3n) is 3.46. The van der Waals surface area contributed by atoms with Gasteiger partial charge in [0, 0.05) is 25.0 Å². The number of para-hydroxylation sites is 1. The number of rotatable bonds is 3. The molecule has 118 valence electrons. The molecule has 8 heteroatoms. The Morgan fingerprint density at radius 1 is 1.35 bits per heavy atom. The predicted molar refractivity (Wildman–Crippen MR) is 87.8 cm³/mol. The van der Waals surface area contributed by atoms with Gasteiger partial charge in [-0.1, -0.05) is 18.2 Å². The molecule has 1 aliphatic heterocycles. The summed E-state index contributed by atoms with van der Waals surface area (Å²) in [5, 5.41) is 7.60. The van der Waals surface area contributed by atoms with Gasteiger partial charge in [-0.05, 0) is 12.1 Å². The Morgan fingerprint density at radius 2 is 2.09 bits per heavy atom. The third kappa shape index (κ3) is 3.07. The fourth-order valence-electron chi connectivity index (χ4n) is 2.27. The lowest BCUT2D eigenvalue weighted by Crippen LogP contribution is -2.39. The van der Waals surface area contributed by atoms with Crippen molar-refractivity contribution in [1.82, 2.24) is 4.57 Å². The van der Waals surface area contributed by atoms with Crippen LogP contribution in [-0.4, -0.2) is 28.1 Å². The van der Waals surface area contributed by atoms with E-state index in [9.17, 15) is 9.59 Å². The SMILES string of the molecule is Cn1ccsc1=NC(=O)C1=NN(c2ccccc2)C(C(N)=O)C1. The second-order valence-electron chi connectivity index (χ2n) is 5.06. The van der Waals surface area contributed by atoms with E-state index in [-0.39, 0.29) is 12.1 Å². The average molecular weight is 329 g/mol. The van der Waals surface area contributed by atoms with Crippen LogP contribution in [0.2, 0.25) is 0 Å². The van der Waals surface area contributed by atoms with Gasteiger partial charge in [-0.15, -0.1) is 11.3 Å². The van der Waals surface area contributed by atoms with E-state index in [1.165, 1.54) is 16.3 Å². The number of nitrogens with two attached hydrogens (primary N) is 1. The highest BCUT2D eigenvalue weighted by atomic mass is 32.1. The summed E-state index contributed by atoms with van der Waals surface area (Å²) in [6.45, 7) is 0.